The van der Waals surface area contributed by atoms with E-state index >= 15 is 0 Å². The van der Waals surface area contributed by atoms with Crippen LogP contribution >= 0.6 is 0 Å². The molecule has 23 heavy (non-hydrogen) atoms. The number of aromatic amines is 1. The SMILES string of the molecule is Cc1ccc2nc(C(=O)N3CCOC[C@@H](CN(C)C)C3)[nH]c2c1. The fraction of sp³-hybridized carbons (Fsp3) is 0.529. The Labute approximate surface area is 136 Å². The van der Waals surface area contributed by atoms with Gasteiger partial charge in [0.1, 0.15) is 0 Å². The summed E-state index contributed by atoms with van der Waals surface area (Å²) in [5.41, 5.74) is 2.88. The minimum atomic E-state index is -0.0480. The lowest BCUT2D eigenvalue weighted by molar-refractivity contribution is 0.0724. The van der Waals surface area contributed by atoms with E-state index in [4.69, 9.17) is 4.74 Å². The molecule has 1 aromatic carbocycles. The van der Waals surface area contributed by atoms with Crippen LogP contribution in [0.15, 0.2) is 18.2 Å². The summed E-state index contributed by atoms with van der Waals surface area (Å²) in [7, 11) is 4.08. The average molecular weight is 316 g/mol. The first-order valence-electron chi connectivity index (χ1n) is 8.01. The lowest BCUT2D eigenvalue weighted by Crippen LogP contribution is -2.39. The van der Waals surface area contributed by atoms with Gasteiger partial charge in [-0.25, -0.2) is 4.98 Å². The normalized spacial score (nSPS) is 19.3. The maximum atomic E-state index is 12.8. The number of rotatable bonds is 3. The predicted molar refractivity (Wildman–Crippen MR) is 89.6 cm³/mol. The van der Waals surface area contributed by atoms with E-state index in [1.807, 2.05) is 44.1 Å². The quantitative estimate of drug-likeness (QED) is 0.933. The molecule has 0 radical (unpaired) electrons. The Morgan fingerprint density at radius 1 is 1.48 bits per heavy atom. The van der Waals surface area contributed by atoms with Gasteiger partial charge < -0.3 is 19.5 Å². The van der Waals surface area contributed by atoms with Crippen molar-refractivity contribution in [1.29, 1.82) is 0 Å². The Morgan fingerprint density at radius 2 is 2.30 bits per heavy atom. The topological polar surface area (TPSA) is 61.5 Å². The summed E-state index contributed by atoms with van der Waals surface area (Å²) in [6.45, 7) is 5.52. The number of hydrogen-bond acceptors (Lipinski definition) is 4. The smallest absolute Gasteiger partial charge is 0.289 e. The highest BCUT2D eigenvalue weighted by Crippen LogP contribution is 2.16. The highest BCUT2D eigenvalue weighted by atomic mass is 16.5. The van der Waals surface area contributed by atoms with Gasteiger partial charge in [-0.15, -0.1) is 0 Å². The van der Waals surface area contributed by atoms with Crippen LogP contribution in [0.5, 0.6) is 0 Å². The predicted octanol–water partition coefficient (Wildman–Crippen LogP) is 1.52. The highest BCUT2D eigenvalue weighted by Gasteiger charge is 2.25. The fourth-order valence-electron chi connectivity index (χ4n) is 3.07. The van der Waals surface area contributed by atoms with E-state index in [0.717, 1.165) is 23.1 Å². The molecule has 1 N–H and O–H groups in total. The minimum absolute atomic E-state index is 0.0480. The molecule has 1 aromatic heterocycles. The molecule has 3 rings (SSSR count). The summed E-state index contributed by atoms with van der Waals surface area (Å²) in [6.07, 6.45) is 0. The van der Waals surface area contributed by atoms with Gasteiger partial charge in [0.05, 0.1) is 24.2 Å². The third kappa shape index (κ3) is 3.71. The van der Waals surface area contributed by atoms with Crippen LogP contribution < -0.4 is 0 Å². The second-order valence-electron chi connectivity index (χ2n) is 6.56. The zero-order valence-corrected chi connectivity index (χ0v) is 14.0. The van der Waals surface area contributed by atoms with Crippen LogP contribution in [0.4, 0.5) is 0 Å². The molecule has 1 aliphatic heterocycles. The van der Waals surface area contributed by atoms with Crippen LogP contribution in [-0.2, 0) is 4.74 Å². The Balaban J connectivity index is 1.79. The summed E-state index contributed by atoms with van der Waals surface area (Å²) in [4.78, 5) is 24.4. The first-order chi connectivity index (χ1) is 11.0. The van der Waals surface area contributed by atoms with Gasteiger partial charge in [-0.2, -0.15) is 0 Å². The van der Waals surface area contributed by atoms with Crippen molar-refractivity contribution >= 4 is 16.9 Å². The third-order valence-electron chi connectivity index (χ3n) is 4.09. The summed E-state index contributed by atoms with van der Waals surface area (Å²) >= 11 is 0. The molecule has 1 atom stereocenters. The van der Waals surface area contributed by atoms with Crippen molar-refractivity contribution in [3.63, 3.8) is 0 Å². The van der Waals surface area contributed by atoms with Crippen LogP contribution in [-0.4, -0.2) is 72.6 Å². The van der Waals surface area contributed by atoms with Gasteiger partial charge in [-0.1, -0.05) is 6.07 Å². The number of aromatic nitrogens is 2. The second kappa shape index (κ2) is 6.68. The fourth-order valence-corrected chi connectivity index (χ4v) is 3.07. The number of nitrogens with one attached hydrogen (secondary N) is 1. The number of benzene rings is 1. The molecule has 1 aliphatic rings. The van der Waals surface area contributed by atoms with Gasteiger partial charge in [0.15, 0.2) is 5.82 Å². The van der Waals surface area contributed by atoms with E-state index in [9.17, 15) is 4.79 Å². The maximum Gasteiger partial charge on any atom is 0.289 e. The van der Waals surface area contributed by atoms with Gasteiger partial charge in [0, 0.05) is 25.6 Å². The monoisotopic (exact) mass is 316 g/mol. The molecule has 1 fully saturated rings. The number of ether oxygens (including phenoxy) is 1. The molecule has 1 amide bonds. The van der Waals surface area contributed by atoms with E-state index in [-0.39, 0.29) is 5.91 Å². The number of fused-ring (bicyclic) bond motifs is 1. The van der Waals surface area contributed by atoms with Crippen LogP contribution in [0.2, 0.25) is 0 Å². The summed E-state index contributed by atoms with van der Waals surface area (Å²) in [5.74, 6) is 0.687. The van der Waals surface area contributed by atoms with Crippen molar-refractivity contribution in [2.75, 3.05) is 46.9 Å². The largest absolute Gasteiger partial charge is 0.379 e. The van der Waals surface area contributed by atoms with E-state index in [0.29, 0.717) is 38.0 Å². The maximum absolute atomic E-state index is 12.8. The second-order valence-corrected chi connectivity index (χ2v) is 6.56. The van der Waals surface area contributed by atoms with Crippen molar-refractivity contribution in [2.45, 2.75) is 6.92 Å². The Bertz CT molecular complexity index is 695. The van der Waals surface area contributed by atoms with Gasteiger partial charge in [0.25, 0.3) is 5.91 Å². The number of carbonyl (C=O) groups is 1. The Hall–Kier alpha value is -1.92. The third-order valence-corrected chi connectivity index (χ3v) is 4.09. The van der Waals surface area contributed by atoms with Crippen LogP contribution in [0.3, 0.4) is 0 Å². The van der Waals surface area contributed by atoms with Crippen molar-refractivity contribution < 1.29 is 9.53 Å². The number of H-pyrrole nitrogens is 1. The number of amides is 1. The number of nitrogens with zero attached hydrogens (tertiary/aromatic N) is 3. The molecule has 2 heterocycles. The minimum Gasteiger partial charge on any atom is -0.379 e. The van der Waals surface area contributed by atoms with Crippen LogP contribution in [0.25, 0.3) is 11.0 Å². The van der Waals surface area contributed by atoms with Gasteiger partial charge in [-0.3, -0.25) is 4.79 Å². The molecule has 6 heteroatoms. The first kappa shape index (κ1) is 16.0. The number of carbonyl (C=O) groups excluding carboxylic acids is 1. The van der Waals surface area contributed by atoms with E-state index in [2.05, 4.69) is 14.9 Å². The summed E-state index contributed by atoms with van der Waals surface area (Å²) in [6, 6.07) is 5.96. The van der Waals surface area contributed by atoms with Gasteiger partial charge in [-0.05, 0) is 38.7 Å². The van der Waals surface area contributed by atoms with Crippen molar-refractivity contribution in [1.82, 2.24) is 19.8 Å². The Kier molecular flexibility index (Phi) is 4.63. The van der Waals surface area contributed by atoms with Crippen molar-refractivity contribution in [3.05, 3.63) is 29.6 Å². The lowest BCUT2D eigenvalue weighted by atomic mass is 10.1. The highest BCUT2D eigenvalue weighted by molar-refractivity contribution is 5.94. The van der Waals surface area contributed by atoms with E-state index in [1.165, 1.54) is 0 Å². The van der Waals surface area contributed by atoms with Crippen LogP contribution in [0, 0.1) is 12.8 Å². The molecule has 6 nitrogen and oxygen atoms in total. The molecule has 124 valence electrons. The van der Waals surface area contributed by atoms with E-state index in [1.54, 1.807) is 0 Å². The van der Waals surface area contributed by atoms with E-state index < -0.39 is 0 Å². The number of aryl methyl sites for hydroxylation is 1. The average Bonchev–Trinajstić information content (AvgIpc) is 2.77. The lowest BCUT2D eigenvalue weighted by Gasteiger charge is -2.24. The molecular weight excluding hydrogens is 292 g/mol. The van der Waals surface area contributed by atoms with Crippen molar-refractivity contribution in [2.24, 2.45) is 5.92 Å². The molecule has 1 saturated heterocycles. The molecule has 0 bridgehead atoms. The molecule has 0 unspecified atom stereocenters. The number of imidazole rings is 1. The van der Waals surface area contributed by atoms with Crippen molar-refractivity contribution in [3.8, 4) is 0 Å². The number of hydrogen-bond donors (Lipinski definition) is 1. The van der Waals surface area contributed by atoms with Gasteiger partial charge in [0.2, 0.25) is 0 Å². The van der Waals surface area contributed by atoms with Gasteiger partial charge >= 0.3 is 0 Å². The Morgan fingerprint density at radius 3 is 3.09 bits per heavy atom. The standard InChI is InChI=1S/C17H24N4O2/c1-12-4-5-14-15(8-12)19-16(18-14)17(22)21-6-7-23-11-13(10-21)9-20(2)3/h4-5,8,13H,6-7,9-11H2,1-3H3,(H,18,19)/t13-/m0/s1. The zero-order chi connectivity index (χ0) is 16.4. The molecular formula is C17H24N4O2. The molecule has 2 aromatic rings. The molecule has 0 aliphatic carbocycles. The first-order valence-corrected chi connectivity index (χ1v) is 8.01. The van der Waals surface area contributed by atoms with Crippen LogP contribution in [0.1, 0.15) is 16.2 Å². The molecule has 0 spiro atoms. The summed E-state index contributed by atoms with van der Waals surface area (Å²) in [5, 5.41) is 0. The molecule has 0 saturated carbocycles. The zero-order valence-electron chi connectivity index (χ0n) is 14.0. The summed E-state index contributed by atoms with van der Waals surface area (Å²) < 4.78 is 5.65.